The van der Waals surface area contributed by atoms with Crippen LogP contribution in [0.2, 0.25) is 0 Å². The number of aromatic amines is 1. The lowest BCUT2D eigenvalue weighted by molar-refractivity contribution is 0.0938. The number of nitrogens with one attached hydrogen (secondary N) is 2. The zero-order valence-electron chi connectivity index (χ0n) is 12.4. The fourth-order valence-corrected chi connectivity index (χ4v) is 2.26. The lowest BCUT2D eigenvalue weighted by Crippen LogP contribution is -2.30. The Hall–Kier alpha value is -1.56. The van der Waals surface area contributed by atoms with Gasteiger partial charge in [-0.2, -0.15) is 5.10 Å². The molecule has 0 aliphatic heterocycles. The molecule has 1 rings (SSSR count). The van der Waals surface area contributed by atoms with E-state index >= 15 is 0 Å². The second kappa shape index (κ2) is 8.58. The molecule has 0 saturated heterocycles. The fraction of sp³-hybridized carbons (Fsp3) is 0.714. The minimum atomic E-state index is -0.250. The molecule has 6 heteroatoms. The summed E-state index contributed by atoms with van der Waals surface area (Å²) in [4.78, 5) is 12.1. The van der Waals surface area contributed by atoms with E-state index < -0.39 is 0 Å². The van der Waals surface area contributed by atoms with E-state index in [1.165, 1.54) is 0 Å². The minimum Gasteiger partial charge on any atom is -0.396 e. The fourth-order valence-electron chi connectivity index (χ4n) is 2.26. The zero-order valence-corrected chi connectivity index (χ0v) is 12.4. The summed E-state index contributed by atoms with van der Waals surface area (Å²) in [7, 11) is 0. The molecule has 0 bridgehead atoms. The summed E-state index contributed by atoms with van der Waals surface area (Å²) in [5, 5.41) is 18.7. The molecular weight excluding hydrogens is 256 g/mol. The summed E-state index contributed by atoms with van der Waals surface area (Å²) in [5.41, 5.74) is 7.45. The molecule has 0 spiro atoms. The number of amides is 1. The van der Waals surface area contributed by atoms with Crippen LogP contribution >= 0.6 is 0 Å². The van der Waals surface area contributed by atoms with Gasteiger partial charge in [-0.1, -0.05) is 26.7 Å². The van der Waals surface area contributed by atoms with E-state index in [0.717, 1.165) is 31.4 Å². The van der Waals surface area contributed by atoms with Crippen molar-refractivity contribution in [1.82, 2.24) is 15.5 Å². The van der Waals surface area contributed by atoms with E-state index in [9.17, 15) is 4.79 Å². The zero-order chi connectivity index (χ0) is 15.0. The molecule has 1 aromatic heterocycles. The van der Waals surface area contributed by atoms with Crippen LogP contribution in [-0.4, -0.2) is 34.4 Å². The van der Waals surface area contributed by atoms with E-state index in [4.69, 9.17) is 10.8 Å². The Kier molecular flexibility index (Phi) is 7.08. The predicted octanol–water partition coefficient (Wildman–Crippen LogP) is 1.47. The molecule has 5 N–H and O–H groups in total. The molecule has 0 aliphatic carbocycles. The van der Waals surface area contributed by atoms with Crippen molar-refractivity contribution in [2.45, 2.75) is 46.0 Å². The van der Waals surface area contributed by atoms with Crippen LogP contribution in [0.15, 0.2) is 0 Å². The molecule has 1 heterocycles. The summed E-state index contributed by atoms with van der Waals surface area (Å²) in [6.07, 6.45) is 4.45. The number of H-pyrrole nitrogens is 1. The predicted molar refractivity (Wildman–Crippen MR) is 79.4 cm³/mol. The van der Waals surface area contributed by atoms with Crippen LogP contribution in [-0.2, 0) is 6.42 Å². The third-order valence-electron chi connectivity index (χ3n) is 3.38. The van der Waals surface area contributed by atoms with Crippen LogP contribution in [0, 0.1) is 5.92 Å². The summed E-state index contributed by atoms with van der Waals surface area (Å²) in [6, 6.07) is 0. The van der Waals surface area contributed by atoms with E-state index in [1.54, 1.807) is 0 Å². The highest BCUT2D eigenvalue weighted by Crippen LogP contribution is 2.16. The van der Waals surface area contributed by atoms with Gasteiger partial charge in [-0.3, -0.25) is 9.89 Å². The molecule has 0 fully saturated rings. The first-order valence-corrected chi connectivity index (χ1v) is 7.35. The van der Waals surface area contributed by atoms with Gasteiger partial charge in [0.15, 0.2) is 5.69 Å². The van der Waals surface area contributed by atoms with Gasteiger partial charge in [0.25, 0.3) is 5.91 Å². The first-order valence-electron chi connectivity index (χ1n) is 7.35. The van der Waals surface area contributed by atoms with Gasteiger partial charge >= 0.3 is 0 Å². The molecule has 1 aromatic rings. The molecule has 1 atom stereocenters. The molecule has 0 saturated carbocycles. The number of aliphatic hydroxyl groups excluding tert-OH is 1. The van der Waals surface area contributed by atoms with Crippen LogP contribution in [0.5, 0.6) is 0 Å². The van der Waals surface area contributed by atoms with Crippen molar-refractivity contribution in [3.05, 3.63) is 11.4 Å². The largest absolute Gasteiger partial charge is 0.396 e. The lowest BCUT2D eigenvalue weighted by Gasteiger charge is -2.15. The molecule has 0 radical (unpaired) electrons. The number of nitrogens with zero attached hydrogens (tertiary/aromatic N) is 1. The van der Waals surface area contributed by atoms with Crippen LogP contribution < -0.4 is 11.1 Å². The quantitative estimate of drug-likeness (QED) is 0.550. The number of carbonyl (C=O) groups is 1. The van der Waals surface area contributed by atoms with Gasteiger partial charge in [-0.25, -0.2) is 0 Å². The number of aryl methyl sites for hydroxylation is 1. The number of anilines is 1. The molecule has 0 aromatic carbocycles. The van der Waals surface area contributed by atoms with Gasteiger partial charge in [-0.15, -0.1) is 0 Å². The van der Waals surface area contributed by atoms with Crippen molar-refractivity contribution < 1.29 is 9.90 Å². The number of aromatic nitrogens is 2. The number of aliphatic hydroxyl groups is 1. The number of hydrogen-bond acceptors (Lipinski definition) is 4. The molecule has 114 valence electrons. The summed E-state index contributed by atoms with van der Waals surface area (Å²) in [6.45, 7) is 4.83. The average molecular weight is 282 g/mol. The second-order valence-electron chi connectivity index (χ2n) is 5.09. The van der Waals surface area contributed by atoms with Gasteiger partial charge in [0.2, 0.25) is 0 Å². The van der Waals surface area contributed by atoms with Crippen molar-refractivity contribution in [2.75, 3.05) is 18.9 Å². The van der Waals surface area contributed by atoms with E-state index in [2.05, 4.69) is 22.4 Å². The second-order valence-corrected chi connectivity index (χ2v) is 5.09. The van der Waals surface area contributed by atoms with Gasteiger partial charge in [0.05, 0.1) is 11.4 Å². The van der Waals surface area contributed by atoms with Crippen LogP contribution in [0.1, 0.15) is 55.7 Å². The van der Waals surface area contributed by atoms with Crippen molar-refractivity contribution >= 4 is 11.6 Å². The number of nitrogen functional groups attached to an aromatic ring is 1. The van der Waals surface area contributed by atoms with E-state index in [0.29, 0.717) is 24.6 Å². The monoisotopic (exact) mass is 282 g/mol. The minimum absolute atomic E-state index is 0.145. The van der Waals surface area contributed by atoms with Crippen molar-refractivity contribution in [2.24, 2.45) is 5.92 Å². The average Bonchev–Trinajstić information content (AvgIpc) is 2.78. The molecule has 20 heavy (non-hydrogen) atoms. The number of nitrogens with two attached hydrogens (primary N) is 1. The Morgan fingerprint density at radius 1 is 1.40 bits per heavy atom. The Morgan fingerprint density at radius 3 is 2.75 bits per heavy atom. The first-order chi connectivity index (χ1) is 9.63. The smallest absolute Gasteiger partial charge is 0.273 e. The van der Waals surface area contributed by atoms with E-state index in [1.807, 2.05) is 6.92 Å². The normalized spacial score (nSPS) is 12.3. The number of carbonyl (C=O) groups excluding carboxylic acids is 1. The van der Waals surface area contributed by atoms with Crippen LogP contribution in [0.3, 0.4) is 0 Å². The Balaban J connectivity index is 2.57. The summed E-state index contributed by atoms with van der Waals surface area (Å²) < 4.78 is 0. The highest BCUT2D eigenvalue weighted by molar-refractivity contribution is 5.97. The van der Waals surface area contributed by atoms with Crippen molar-refractivity contribution in [3.63, 3.8) is 0 Å². The number of rotatable bonds is 9. The van der Waals surface area contributed by atoms with Gasteiger partial charge < -0.3 is 16.2 Å². The number of hydrogen-bond donors (Lipinski definition) is 4. The molecule has 6 nitrogen and oxygen atoms in total. The van der Waals surface area contributed by atoms with Crippen LogP contribution in [0.25, 0.3) is 0 Å². The Labute approximate surface area is 120 Å². The van der Waals surface area contributed by atoms with Crippen molar-refractivity contribution in [3.8, 4) is 0 Å². The highest BCUT2D eigenvalue weighted by Gasteiger charge is 2.17. The summed E-state index contributed by atoms with van der Waals surface area (Å²) in [5.74, 6) is 0.0457. The Bertz CT molecular complexity index is 411. The summed E-state index contributed by atoms with van der Waals surface area (Å²) >= 11 is 0. The Morgan fingerprint density at radius 2 is 2.15 bits per heavy atom. The van der Waals surface area contributed by atoms with Gasteiger partial charge in [-0.05, 0) is 25.2 Å². The first kappa shape index (κ1) is 16.5. The van der Waals surface area contributed by atoms with Crippen molar-refractivity contribution in [1.29, 1.82) is 0 Å². The SMILES string of the molecule is CCCc1[nH]nc(C(=O)NCC(CCC)CCO)c1N. The molecule has 1 unspecified atom stereocenters. The maximum Gasteiger partial charge on any atom is 0.273 e. The third-order valence-corrected chi connectivity index (χ3v) is 3.38. The van der Waals surface area contributed by atoms with Gasteiger partial charge in [0, 0.05) is 13.2 Å². The lowest BCUT2D eigenvalue weighted by atomic mass is 10.0. The standard InChI is InChI=1S/C14H26N4O2/c1-3-5-10(7-8-19)9-16-14(20)13-12(15)11(6-4-2)17-18-13/h10,19H,3-9,15H2,1-2H3,(H,16,20)(H,17,18). The van der Waals surface area contributed by atoms with E-state index in [-0.39, 0.29) is 18.2 Å². The third kappa shape index (κ3) is 4.52. The van der Waals surface area contributed by atoms with Gasteiger partial charge in [0.1, 0.15) is 0 Å². The topological polar surface area (TPSA) is 104 Å². The maximum atomic E-state index is 12.1. The maximum absolute atomic E-state index is 12.1. The van der Waals surface area contributed by atoms with Crippen LogP contribution in [0.4, 0.5) is 5.69 Å². The molecule has 1 amide bonds. The highest BCUT2D eigenvalue weighted by atomic mass is 16.3. The molecular formula is C14H26N4O2. The molecule has 0 aliphatic rings.